The third-order valence-electron chi connectivity index (χ3n) is 3.18. The first-order valence-corrected chi connectivity index (χ1v) is 6.86. The van der Waals surface area contributed by atoms with Crippen molar-refractivity contribution in [2.45, 2.75) is 32.6 Å². The van der Waals surface area contributed by atoms with Gasteiger partial charge in [-0.05, 0) is 30.5 Å². The first-order valence-electron chi connectivity index (χ1n) is 6.86. The summed E-state index contributed by atoms with van der Waals surface area (Å²) < 4.78 is 0. The Bertz CT molecular complexity index is 517. The third-order valence-corrected chi connectivity index (χ3v) is 3.18. The van der Waals surface area contributed by atoms with E-state index in [2.05, 4.69) is 11.9 Å². The van der Waals surface area contributed by atoms with E-state index in [1.54, 1.807) is 12.3 Å². The van der Waals surface area contributed by atoms with Crippen LogP contribution in [0.2, 0.25) is 0 Å². The highest BCUT2D eigenvalue weighted by atomic mass is 16.1. The third kappa shape index (κ3) is 3.75. The highest BCUT2D eigenvalue weighted by Gasteiger charge is 2.09. The summed E-state index contributed by atoms with van der Waals surface area (Å²) in [4.78, 5) is 16.2. The predicted octanol–water partition coefficient (Wildman–Crippen LogP) is 4.05. The number of pyridine rings is 1. The van der Waals surface area contributed by atoms with Crippen LogP contribution in [0.4, 0.5) is 0 Å². The van der Waals surface area contributed by atoms with Crippen molar-refractivity contribution in [3.63, 3.8) is 0 Å². The molecule has 0 amide bonds. The van der Waals surface area contributed by atoms with Gasteiger partial charge in [0.05, 0.1) is 0 Å². The Morgan fingerprint density at radius 1 is 1.05 bits per heavy atom. The molecule has 0 bridgehead atoms. The molecule has 2 aromatic rings. The van der Waals surface area contributed by atoms with Crippen molar-refractivity contribution in [3.05, 3.63) is 65.5 Å². The number of hydrogen-bond acceptors (Lipinski definition) is 2. The van der Waals surface area contributed by atoms with Gasteiger partial charge in [-0.2, -0.15) is 0 Å². The van der Waals surface area contributed by atoms with Crippen molar-refractivity contribution < 1.29 is 4.79 Å². The predicted molar refractivity (Wildman–Crippen MR) is 77.3 cm³/mol. The zero-order chi connectivity index (χ0) is 13.5. The van der Waals surface area contributed by atoms with Gasteiger partial charge in [0.25, 0.3) is 0 Å². The van der Waals surface area contributed by atoms with Crippen LogP contribution >= 0.6 is 0 Å². The van der Waals surface area contributed by atoms with E-state index < -0.39 is 0 Å². The molecule has 1 aromatic heterocycles. The highest BCUT2D eigenvalue weighted by Crippen LogP contribution is 2.11. The maximum absolute atomic E-state index is 12.2. The number of nitrogens with zero attached hydrogens (tertiary/aromatic N) is 1. The van der Waals surface area contributed by atoms with Gasteiger partial charge < -0.3 is 0 Å². The fraction of sp³-hybridized carbons (Fsp3) is 0.294. The first-order chi connectivity index (χ1) is 9.31. The number of carbonyl (C=O) groups is 1. The van der Waals surface area contributed by atoms with Crippen LogP contribution in [0.3, 0.4) is 0 Å². The Morgan fingerprint density at radius 2 is 1.84 bits per heavy atom. The van der Waals surface area contributed by atoms with Gasteiger partial charge in [0.1, 0.15) is 5.69 Å². The van der Waals surface area contributed by atoms with Crippen LogP contribution in [0.25, 0.3) is 0 Å². The molecule has 0 saturated heterocycles. The number of aromatic nitrogens is 1. The monoisotopic (exact) mass is 253 g/mol. The molecule has 0 aliphatic carbocycles. The van der Waals surface area contributed by atoms with Gasteiger partial charge in [-0.3, -0.25) is 9.78 Å². The molecule has 2 nitrogen and oxygen atoms in total. The highest BCUT2D eigenvalue weighted by molar-refractivity contribution is 6.07. The smallest absolute Gasteiger partial charge is 0.211 e. The molecule has 0 fully saturated rings. The molecule has 0 unspecified atom stereocenters. The lowest BCUT2D eigenvalue weighted by Crippen LogP contribution is -2.03. The van der Waals surface area contributed by atoms with Gasteiger partial charge in [0, 0.05) is 11.8 Å². The second-order valence-electron chi connectivity index (χ2n) is 4.70. The van der Waals surface area contributed by atoms with Crippen molar-refractivity contribution in [1.82, 2.24) is 4.98 Å². The quantitative estimate of drug-likeness (QED) is 0.574. The van der Waals surface area contributed by atoms with E-state index in [1.165, 1.54) is 24.8 Å². The lowest BCUT2D eigenvalue weighted by Gasteiger charge is -2.03. The summed E-state index contributed by atoms with van der Waals surface area (Å²) in [5.74, 6) is -0.0132. The summed E-state index contributed by atoms with van der Waals surface area (Å²) in [5, 5.41) is 0. The molecular formula is C17H19NO. The Morgan fingerprint density at radius 3 is 2.47 bits per heavy atom. The molecule has 0 aliphatic heterocycles. The van der Waals surface area contributed by atoms with Crippen LogP contribution in [0.5, 0.6) is 0 Å². The van der Waals surface area contributed by atoms with Crippen LogP contribution in [-0.2, 0) is 6.42 Å². The van der Waals surface area contributed by atoms with Crippen LogP contribution in [0.1, 0.15) is 47.8 Å². The van der Waals surface area contributed by atoms with Crippen molar-refractivity contribution in [2.24, 2.45) is 0 Å². The largest absolute Gasteiger partial charge is 0.287 e. The van der Waals surface area contributed by atoms with Gasteiger partial charge in [0.15, 0.2) is 0 Å². The Labute approximate surface area is 114 Å². The number of hydrogen-bond donors (Lipinski definition) is 0. The Balaban J connectivity index is 2.04. The van der Waals surface area contributed by atoms with E-state index in [9.17, 15) is 4.79 Å². The van der Waals surface area contributed by atoms with Crippen LogP contribution in [0.15, 0.2) is 48.7 Å². The summed E-state index contributed by atoms with van der Waals surface area (Å²) in [6, 6.07) is 13.3. The van der Waals surface area contributed by atoms with Gasteiger partial charge in [0.2, 0.25) is 5.78 Å². The molecule has 1 heterocycles. The van der Waals surface area contributed by atoms with Gasteiger partial charge >= 0.3 is 0 Å². The zero-order valence-electron chi connectivity index (χ0n) is 11.3. The standard InChI is InChI=1S/C17H19NO/c1-2-3-4-7-14-9-11-15(12-10-14)17(19)16-8-5-6-13-18-16/h5-6,8-13H,2-4,7H2,1H3. The average Bonchev–Trinajstić information content (AvgIpc) is 2.48. The van der Waals surface area contributed by atoms with Crippen LogP contribution < -0.4 is 0 Å². The molecule has 19 heavy (non-hydrogen) atoms. The number of aryl methyl sites for hydroxylation is 1. The Kier molecular flexibility index (Phi) is 4.85. The minimum atomic E-state index is -0.0132. The fourth-order valence-corrected chi connectivity index (χ4v) is 2.05. The second-order valence-corrected chi connectivity index (χ2v) is 4.70. The molecule has 0 saturated carbocycles. The topological polar surface area (TPSA) is 30.0 Å². The van der Waals surface area contributed by atoms with Gasteiger partial charge in [-0.15, -0.1) is 0 Å². The molecule has 0 aliphatic rings. The molecule has 2 heteroatoms. The van der Waals surface area contributed by atoms with E-state index in [4.69, 9.17) is 0 Å². The molecule has 1 aromatic carbocycles. The SMILES string of the molecule is CCCCCc1ccc(C(=O)c2ccccn2)cc1. The van der Waals surface area contributed by atoms with Gasteiger partial charge in [-0.25, -0.2) is 0 Å². The number of rotatable bonds is 6. The van der Waals surface area contributed by atoms with Crippen molar-refractivity contribution in [3.8, 4) is 0 Å². The minimum Gasteiger partial charge on any atom is -0.287 e. The minimum absolute atomic E-state index is 0.0132. The molecule has 0 spiro atoms. The van der Waals surface area contributed by atoms with E-state index in [0.717, 1.165) is 6.42 Å². The summed E-state index contributed by atoms with van der Waals surface area (Å²) in [6.07, 6.45) is 6.44. The zero-order valence-corrected chi connectivity index (χ0v) is 11.3. The van der Waals surface area contributed by atoms with Crippen LogP contribution in [-0.4, -0.2) is 10.8 Å². The first kappa shape index (κ1) is 13.5. The summed E-state index contributed by atoms with van der Waals surface area (Å²) in [7, 11) is 0. The van der Waals surface area contributed by atoms with Crippen molar-refractivity contribution in [1.29, 1.82) is 0 Å². The summed E-state index contributed by atoms with van der Waals surface area (Å²) in [6.45, 7) is 2.20. The number of unbranched alkanes of at least 4 members (excludes halogenated alkanes) is 2. The maximum Gasteiger partial charge on any atom is 0.211 e. The maximum atomic E-state index is 12.2. The number of ketones is 1. The molecule has 98 valence electrons. The van der Waals surface area contributed by atoms with Crippen LogP contribution in [0, 0.1) is 0 Å². The molecule has 0 N–H and O–H groups in total. The number of benzene rings is 1. The van der Waals surface area contributed by atoms with E-state index >= 15 is 0 Å². The second kappa shape index (κ2) is 6.83. The lowest BCUT2D eigenvalue weighted by atomic mass is 10.0. The molecule has 0 radical (unpaired) electrons. The van der Waals surface area contributed by atoms with E-state index in [0.29, 0.717) is 11.3 Å². The van der Waals surface area contributed by atoms with Crippen molar-refractivity contribution in [2.75, 3.05) is 0 Å². The molecule has 0 atom stereocenters. The van der Waals surface area contributed by atoms with E-state index in [1.807, 2.05) is 36.4 Å². The van der Waals surface area contributed by atoms with Gasteiger partial charge in [-0.1, -0.05) is 50.1 Å². The molecule has 2 rings (SSSR count). The normalized spacial score (nSPS) is 10.4. The lowest BCUT2D eigenvalue weighted by molar-refractivity contribution is 0.103. The summed E-state index contributed by atoms with van der Waals surface area (Å²) >= 11 is 0. The average molecular weight is 253 g/mol. The summed E-state index contributed by atoms with van der Waals surface area (Å²) in [5.41, 5.74) is 2.50. The fourth-order valence-electron chi connectivity index (χ4n) is 2.05. The molecular weight excluding hydrogens is 234 g/mol. The van der Waals surface area contributed by atoms with Crippen molar-refractivity contribution >= 4 is 5.78 Å². The Hall–Kier alpha value is -1.96. The van der Waals surface area contributed by atoms with E-state index in [-0.39, 0.29) is 5.78 Å². The number of carbonyl (C=O) groups excluding carboxylic acids is 1.